The standard InChI is InChI=1S/C22H18F6N4O2S/c1-12(18(33)29-10-13-4-2-5-14(8-13)21(23,24)25)30-19(34)17-11-35-20(32-17)31-16-7-3-6-15(9-16)22(26,27)28/h2-9,11-12H,10H2,1H3,(H,29,33)(H,30,34)(H,31,32)/t12-/m1/s1. The maximum Gasteiger partial charge on any atom is 0.416 e. The summed E-state index contributed by atoms with van der Waals surface area (Å²) in [6.07, 6.45) is -9.02. The molecule has 0 bridgehead atoms. The molecule has 13 heteroatoms. The first kappa shape index (κ1) is 26.0. The second-order valence-corrected chi connectivity index (χ2v) is 8.21. The van der Waals surface area contributed by atoms with Crippen LogP contribution in [0.5, 0.6) is 0 Å². The van der Waals surface area contributed by atoms with Crippen molar-refractivity contribution in [3.8, 4) is 0 Å². The van der Waals surface area contributed by atoms with Crippen LogP contribution >= 0.6 is 11.3 Å². The number of nitrogens with zero attached hydrogens (tertiary/aromatic N) is 1. The van der Waals surface area contributed by atoms with Crippen molar-refractivity contribution in [2.75, 3.05) is 5.32 Å². The summed E-state index contributed by atoms with van der Waals surface area (Å²) >= 11 is 0.976. The maximum absolute atomic E-state index is 12.8. The highest BCUT2D eigenvalue weighted by molar-refractivity contribution is 7.14. The Labute approximate surface area is 199 Å². The molecule has 3 rings (SSSR count). The second kappa shape index (κ2) is 10.3. The summed E-state index contributed by atoms with van der Waals surface area (Å²) in [7, 11) is 0. The molecule has 0 saturated heterocycles. The highest BCUT2D eigenvalue weighted by atomic mass is 32.1. The fourth-order valence-electron chi connectivity index (χ4n) is 2.87. The van der Waals surface area contributed by atoms with Crippen LogP contribution in [0.4, 0.5) is 37.2 Å². The lowest BCUT2D eigenvalue weighted by atomic mass is 10.1. The molecule has 0 aliphatic heterocycles. The lowest BCUT2D eigenvalue weighted by molar-refractivity contribution is -0.138. The quantitative estimate of drug-likeness (QED) is 0.370. The molecular formula is C22H18F6N4O2S. The van der Waals surface area contributed by atoms with Gasteiger partial charge in [0.25, 0.3) is 5.91 Å². The van der Waals surface area contributed by atoms with E-state index in [0.717, 1.165) is 35.6 Å². The van der Waals surface area contributed by atoms with Crippen LogP contribution in [0.1, 0.15) is 34.1 Å². The molecule has 1 heterocycles. The van der Waals surface area contributed by atoms with Gasteiger partial charge in [0.1, 0.15) is 11.7 Å². The SMILES string of the molecule is C[C@@H](NC(=O)c1csc(Nc2cccc(C(F)(F)F)c2)n1)C(=O)NCc1cccc(C(F)(F)F)c1. The van der Waals surface area contributed by atoms with E-state index >= 15 is 0 Å². The number of hydrogen-bond donors (Lipinski definition) is 3. The smallest absolute Gasteiger partial charge is 0.350 e. The van der Waals surface area contributed by atoms with E-state index in [0.29, 0.717) is 0 Å². The normalized spacial score (nSPS) is 12.7. The first-order valence-corrected chi connectivity index (χ1v) is 10.9. The first-order valence-electron chi connectivity index (χ1n) is 9.97. The van der Waals surface area contributed by atoms with Gasteiger partial charge < -0.3 is 16.0 Å². The lowest BCUT2D eigenvalue weighted by Gasteiger charge is -2.14. The third-order valence-electron chi connectivity index (χ3n) is 4.64. The maximum atomic E-state index is 12.8. The van der Waals surface area contributed by atoms with Crippen molar-refractivity contribution in [1.82, 2.24) is 15.6 Å². The van der Waals surface area contributed by atoms with Crippen molar-refractivity contribution in [3.05, 3.63) is 76.3 Å². The summed E-state index contributed by atoms with van der Waals surface area (Å²) in [5, 5.41) is 9.07. The second-order valence-electron chi connectivity index (χ2n) is 7.35. The number of benzene rings is 2. The average Bonchev–Trinajstić information content (AvgIpc) is 3.25. The Hall–Kier alpha value is -3.61. The molecule has 186 valence electrons. The van der Waals surface area contributed by atoms with Crippen LogP contribution in [0.25, 0.3) is 0 Å². The van der Waals surface area contributed by atoms with Crippen LogP contribution in [0, 0.1) is 0 Å². The summed E-state index contributed by atoms with van der Waals surface area (Å²) in [5.74, 6) is -1.34. The lowest BCUT2D eigenvalue weighted by Crippen LogP contribution is -2.44. The molecule has 2 aromatic carbocycles. The molecular weight excluding hydrogens is 498 g/mol. The van der Waals surface area contributed by atoms with Crippen molar-refractivity contribution in [3.63, 3.8) is 0 Å². The van der Waals surface area contributed by atoms with Crippen LogP contribution in [0.15, 0.2) is 53.9 Å². The van der Waals surface area contributed by atoms with E-state index < -0.39 is 41.3 Å². The Bertz CT molecular complexity index is 1210. The van der Waals surface area contributed by atoms with Gasteiger partial charge in [-0.25, -0.2) is 4.98 Å². The van der Waals surface area contributed by atoms with Crippen molar-refractivity contribution >= 4 is 34.0 Å². The van der Waals surface area contributed by atoms with Crippen LogP contribution in [-0.2, 0) is 23.7 Å². The summed E-state index contributed by atoms with van der Waals surface area (Å²) < 4.78 is 76.9. The van der Waals surface area contributed by atoms with Crippen molar-refractivity contribution in [1.29, 1.82) is 0 Å². The number of halogens is 6. The molecule has 0 aliphatic rings. The molecule has 0 saturated carbocycles. The minimum atomic E-state index is -4.51. The van der Waals surface area contributed by atoms with Gasteiger partial charge in [0.05, 0.1) is 11.1 Å². The number of nitrogens with one attached hydrogen (secondary N) is 3. The molecule has 0 fully saturated rings. The summed E-state index contributed by atoms with van der Waals surface area (Å²) in [4.78, 5) is 28.7. The van der Waals surface area contributed by atoms with Crippen LogP contribution < -0.4 is 16.0 Å². The number of alkyl halides is 6. The van der Waals surface area contributed by atoms with Gasteiger partial charge in [0.15, 0.2) is 5.13 Å². The average molecular weight is 516 g/mol. The fourth-order valence-corrected chi connectivity index (χ4v) is 3.58. The topological polar surface area (TPSA) is 83.1 Å². The van der Waals surface area contributed by atoms with Crippen LogP contribution in [0.2, 0.25) is 0 Å². The van der Waals surface area contributed by atoms with Gasteiger partial charge in [-0.15, -0.1) is 11.3 Å². The van der Waals surface area contributed by atoms with E-state index in [9.17, 15) is 35.9 Å². The van der Waals surface area contributed by atoms with Gasteiger partial charge in [-0.2, -0.15) is 26.3 Å². The van der Waals surface area contributed by atoms with Gasteiger partial charge in [-0.05, 0) is 42.8 Å². The summed E-state index contributed by atoms with van der Waals surface area (Å²) in [5.41, 5.74) is -1.40. The van der Waals surface area contributed by atoms with Crippen LogP contribution in [-0.4, -0.2) is 22.8 Å². The van der Waals surface area contributed by atoms with E-state index in [4.69, 9.17) is 0 Å². The monoisotopic (exact) mass is 516 g/mol. The minimum Gasteiger partial charge on any atom is -0.350 e. The molecule has 3 N–H and O–H groups in total. The van der Waals surface area contributed by atoms with E-state index in [1.165, 1.54) is 36.6 Å². The molecule has 6 nitrogen and oxygen atoms in total. The number of rotatable bonds is 7. The minimum absolute atomic E-state index is 0.0676. The number of thiazole rings is 1. The van der Waals surface area contributed by atoms with E-state index in [1.807, 2.05) is 0 Å². The molecule has 0 aliphatic carbocycles. The number of aromatic nitrogens is 1. The molecule has 1 aromatic heterocycles. The summed E-state index contributed by atoms with van der Waals surface area (Å²) in [6, 6.07) is 7.91. The zero-order chi connectivity index (χ0) is 25.8. The predicted molar refractivity (Wildman–Crippen MR) is 117 cm³/mol. The Morgan fingerprint density at radius 3 is 2.26 bits per heavy atom. The number of hydrogen-bond acceptors (Lipinski definition) is 5. The van der Waals surface area contributed by atoms with Gasteiger partial charge in [-0.3, -0.25) is 9.59 Å². The molecule has 1 atom stereocenters. The van der Waals surface area contributed by atoms with Crippen molar-refractivity contribution in [2.45, 2.75) is 31.9 Å². The highest BCUT2D eigenvalue weighted by Gasteiger charge is 2.31. The number of carbonyl (C=O) groups is 2. The van der Waals surface area contributed by atoms with E-state index in [1.54, 1.807) is 0 Å². The van der Waals surface area contributed by atoms with Gasteiger partial charge >= 0.3 is 12.4 Å². The van der Waals surface area contributed by atoms with Crippen molar-refractivity contribution in [2.24, 2.45) is 0 Å². The Morgan fingerprint density at radius 1 is 0.971 bits per heavy atom. The molecule has 0 radical (unpaired) electrons. The Morgan fingerprint density at radius 2 is 1.60 bits per heavy atom. The van der Waals surface area contributed by atoms with Gasteiger partial charge in [0, 0.05) is 17.6 Å². The van der Waals surface area contributed by atoms with Crippen LogP contribution in [0.3, 0.4) is 0 Å². The van der Waals surface area contributed by atoms with E-state index in [2.05, 4.69) is 20.9 Å². The summed E-state index contributed by atoms with van der Waals surface area (Å²) in [6.45, 7) is 1.21. The third-order valence-corrected chi connectivity index (χ3v) is 5.40. The van der Waals surface area contributed by atoms with Gasteiger partial charge in [0.2, 0.25) is 5.91 Å². The fraction of sp³-hybridized carbons (Fsp3) is 0.227. The molecule has 0 spiro atoms. The highest BCUT2D eigenvalue weighted by Crippen LogP contribution is 2.32. The Kier molecular flexibility index (Phi) is 7.68. The number of anilines is 2. The molecule has 0 unspecified atom stereocenters. The molecule has 3 aromatic rings. The van der Waals surface area contributed by atoms with E-state index in [-0.39, 0.29) is 28.6 Å². The number of amides is 2. The zero-order valence-corrected chi connectivity index (χ0v) is 18.7. The van der Waals surface area contributed by atoms with Crippen molar-refractivity contribution < 1.29 is 35.9 Å². The third kappa shape index (κ3) is 7.18. The zero-order valence-electron chi connectivity index (χ0n) is 17.9. The Balaban J connectivity index is 1.55. The van der Waals surface area contributed by atoms with Gasteiger partial charge in [-0.1, -0.05) is 18.2 Å². The largest absolute Gasteiger partial charge is 0.416 e. The number of carbonyl (C=O) groups excluding carboxylic acids is 2. The molecule has 35 heavy (non-hydrogen) atoms. The molecule has 2 amide bonds. The predicted octanol–water partition coefficient (Wildman–Crippen LogP) is 5.36. The first-order chi connectivity index (χ1) is 16.3.